The first-order valence-corrected chi connectivity index (χ1v) is 7.58. The maximum absolute atomic E-state index is 6.04. The van der Waals surface area contributed by atoms with Gasteiger partial charge in [0.25, 0.3) is 0 Å². The highest BCUT2D eigenvalue weighted by Gasteiger charge is 2.19. The summed E-state index contributed by atoms with van der Waals surface area (Å²) in [5.41, 5.74) is 6.04. The molecule has 98 valence electrons. The first-order valence-electron chi connectivity index (χ1n) is 6.54. The van der Waals surface area contributed by atoms with E-state index in [4.69, 9.17) is 10.5 Å². The van der Waals surface area contributed by atoms with Gasteiger partial charge in [-0.1, -0.05) is 6.42 Å². The average Bonchev–Trinajstić information content (AvgIpc) is 2.37. The van der Waals surface area contributed by atoms with Gasteiger partial charge in [-0.05, 0) is 25.5 Å². The summed E-state index contributed by atoms with van der Waals surface area (Å²) in [6.45, 7) is 5.46. The van der Waals surface area contributed by atoms with Crippen LogP contribution < -0.4 is 5.73 Å². The predicted molar refractivity (Wildman–Crippen MR) is 73.6 cm³/mol. The highest BCUT2D eigenvalue weighted by atomic mass is 32.2. The topological polar surface area (TPSA) is 50.8 Å². The molecule has 0 aliphatic carbocycles. The number of guanidine groups is 1. The summed E-state index contributed by atoms with van der Waals surface area (Å²) in [5, 5.41) is 0.681. The molecule has 0 saturated carbocycles. The van der Waals surface area contributed by atoms with Gasteiger partial charge >= 0.3 is 0 Å². The van der Waals surface area contributed by atoms with E-state index in [1.54, 1.807) is 0 Å². The second kappa shape index (κ2) is 6.50. The molecule has 0 spiro atoms. The van der Waals surface area contributed by atoms with Gasteiger partial charge in [0.1, 0.15) is 0 Å². The lowest BCUT2D eigenvalue weighted by Gasteiger charge is -2.32. The van der Waals surface area contributed by atoms with Crippen molar-refractivity contribution in [2.24, 2.45) is 10.7 Å². The lowest BCUT2D eigenvalue weighted by atomic mass is 10.2. The molecule has 2 N–H and O–H groups in total. The molecule has 5 heteroatoms. The average molecular weight is 257 g/mol. The first kappa shape index (κ1) is 13.0. The van der Waals surface area contributed by atoms with Crippen LogP contribution in [0.4, 0.5) is 0 Å². The van der Waals surface area contributed by atoms with Crippen LogP contribution in [0.5, 0.6) is 0 Å². The summed E-state index contributed by atoms with van der Waals surface area (Å²) in [5.74, 6) is 1.99. The Bertz CT molecular complexity index is 266. The molecular formula is C12H23N3OS. The zero-order valence-electron chi connectivity index (χ0n) is 10.6. The molecule has 0 radical (unpaired) electrons. The molecule has 2 heterocycles. The second-order valence-electron chi connectivity index (χ2n) is 4.81. The molecule has 0 aromatic rings. The number of thioether (sulfide) groups is 1. The summed E-state index contributed by atoms with van der Waals surface area (Å²) in [7, 11) is 0. The molecule has 0 amide bonds. The normalized spacial score (nSPS) is 31.6. The minimum atomic E-state index is 0.265. The summed E-state index contributed by atoms with van der Waals surface area (Å²) >= 11 is 2.05. The Balaban J connectivity index is 1.79. The van der Waals surface area contributed by atoms with E-state index >= 15 is 0 Å². The predicted octanol–water partition coefficient (Wildman–Crippen LogP) is 1.31. The third-order valence-corrected chi connectivity index (χ3v) is 4.68. The molecule has 2 aliphatic heterocycles. The zero-order chi connectivity index (χ0) is 12.1. The van der Waals surface area contributed by atoms with E-state index in [2.05, 4.69) is 16.8 Å². The Labute approximate surface area is 108 Å². The third kappa shape index (κ3) is 4.07. The van der Waals surface area contributed by atoms with Gasteiger partial charge in [-0.2, -0.15) is 11.8 Å². The van der Waals surface area contributed by atoms with Gasteiger partial charge in [-0.3, -0.25) is 4.99 Å². The van der Waals surface area contributed by atoms with Crippen molar-refractivity contribution in [3.63, 3.8) is 0 Å². The number of nitrogens with two attached hydrogens (primary N) is 1. The second-order valence-corrected chi connectivity index (χ2v) is 6.22. The lowest BCUT2D eigenvalue weighted by molar-refractivity contribution is 0.00530. The van der Waals surface area contributed by atoms with Crippen LogP contribution >= 0.6 is 11.8 Å². The minimum absolute atomic E-state index is 0.265. The fourth-order valence-corrected chi connectivity index (χ4v) is 3.49. The van der Waals surface area contributed by atoms with Crippen LogP contribution in [0.25, 0.3) is 0 Å². The lowest BCUT2D eigenvalue weighted by Crippen LogP contribution is -2.48. The van der Waals surface area contributed by atoms with Crippen molar-refractivity contribution >= 4 is 17.7 Å². The molecule has 4 nitrogen and oxygen atoms in total. The van der Waals surface area contributed by atoms with Crippen LogP contribution in [0.2, 0.25) is 0 Å². The van der Waals surface area contributed by atoms with Gasteiger partial charge in [0.05, 0.1) is 19.3 Å². The molecule has 0 aromatic heterocycles. The standard InChI is InChI=1S/C12H23N3OS/c1-10-9-15(5-6-16-10)12(13)14-8-11-4-2-3-7-17-11/h10-11H,2-9H2,1H3,(H2,13,14). The maximum Gasteiger partial charge on any atom is 0.191 e. The van der Waals surface area contributed by atoms with Gasteiger partial charge < -0.3 is 15.4 Å². The van der Waals surface area contributed by atoms with E-state index in [1.807, 2.05) is 11.8 Å². The van der Waals surface area contributed by atoms with Crippen LogP contribution in [-0.2, 0) is 4.74 Å². The first-order chi connectivity index (χ1) is 8.25. The smallest absolute Gasteiger partial charge is 0.191 e. The molecular weight excluding hydrogens is 234 g/mol. The van der Waals surface area contributed by atoms with Crippen LogP contribution in [-0.4, -0.2) is 54.2 Å². The molecule has 0 bridgehead atoms. The molecule has 0 aromatic carbocycles. The van der Waals surface area contributed by atoms with Gasteiger partial charge in [-0.25, -0.2) is 0 Å². The van der Waals surface area contributed by atoms with Gasteiger partial charge in [0.2, 0.25) is 0 Å². The highest BCUT2D eigenvalue weighted by molar-refractivity contribution is 7.99. The van der Waals surface area contributed by atoms with Crippen molar-refractivity contribution in [3.8, 4) is 0 Å². The van der Waals surface area contributed by atoms with Crippen molar-refractivity contribution in [2.75, 3.05) is 32.0 Å². The molecule has 17 heavy (non-hydrogen) atoms. The number of morpholine rings is 1. The summed E-state index contributed by atoms with van der Waals surface area (Å²) in [4.78, 5) is 6.69. The number of hydrogen-bond acceptors (Lipinski definition) is 3. The molecule has 2 saturated heterocycles. The van der Waals surface area contributed by atoms with Gasteiger partial charge in [0, 0.05) is 18.3 Å². The van der Waals surface area contributed by atoms with Crippen LogP contribution in [0.1, 0.15) is 26.2 Å². The summed E-state index contributed by atoms with van der Waals surface area (Å²) in [6.07, 6.45) is 4.27. The van der Waals surface area contributed by atoms with E-state index in [0.29, 0.717) is 11.2 Å². The Hall–Kier alpha value is -0.420. The number of rotatable bonds is 2. The minimum Gasteiger partial charge on any atom is -0.375 e. The van der Waals surface area contributed by atoms with E-state index < -0.39 is 0 Å². The number of hydrogen-bond donors (Lipinski definition) is 1. The molecule has 2 atom stereocenters. The van der Waals surface area contributed by atoms with Crippen LogP contribution in [0, 0.1) is 0 Å². The Kier molecular flexibility index (Phi) is 4.98. The maximum atomic E-state index is 6.04. The van der Waals surface area contributed by atoms with Gasteiger partial charge in [-0.15, -0.1) is 0 Å². The molecule has 2 aliphatic rings. The Morgan fingerprint density at radius 3 is 3.12 bits per heavy atom. The number of ether oxygens (including phenoxy) is 1. The van der Waals surface area contributed by atoms with Crippen molar-refractivity contribution in [1.29, 1.82) is 0 Å². The zero-order valence-corrected chi connectivity index (χ0v) is 11.4. The molecule has 2 fully saturated rings. The molecule has 2 unspecified atom stereocenters. The van der Waals surface area contributed by atoms with E-state index in [0.717, 1.165) is 26.2 Å². The third-order valence-electron chi connectivity index (χ3n) is 3.30. The van der Waals surface area contributed by atoms with E-state index in [-0.39, 0.29) is 6.10 Å². The fourth-order valence-electron chi connectivity index (χ4n) is 2.27. The SMILES string of the molecule is CC1CN(C(N)=NCC2CCCCS2)CCO1. The summed E-state index contributed by atoms with van der Waals surface area (Å²) < 4.78 is 5.50. The van der Waals surface area contributed by atoms with Crippen molar-refractivity contribution in [3.05, 3.63) is 0 Å². The number of aliphatic imine (C=N–C) groups is 1. The van der Waals surface area contributed by atoms with Crippen LogP contribution in [0.15, 0.2) is 4.99 Å². The molecule has 2 rings (SSSR count). The van der Waals surface area contributed by atoms with Crippen molar-refractivity contribution in [1.82, 2.24) is 4.90 Å². The highest BCUT2D eigenvalue weighted by Crippen LogP contribution is 2.25. The van der Waals surface area contributed by atoms with E-state index in [1.165, 1.54) is 25.0 Å². The number of nitrogens with zero attached hydrogens (tertiary/aromatic N) is 2. The van der Waals surface area contributed by atoms with Gasteiger partial charge in [0.15, 0.2) is 5.96 Å². The Morgan fingerprint density at radius 1 is 1.53 bits per heavy atom. The largest absolute Gasteiger partial charge is 0.375 e. The van der Waals surface area contributed by atoms with Crippen LogP contribution in [0.3, 0.4) is 0 Å². The van der Waals surface area contributed by atoms with Crippen molar-refractivity contribution in [2.45, 2.75) is 37.5 Å². The Morgan fingerprint density at radius 2 is 2.41 bits per heavy atom. The fraction of sp³-hybridized carbons (Fsp3) is 0.917. The monoisotopic (exact) mass is 257 g/mol. The quantitative estimate of drug-likeness (QED) is 0.598. The van der Waals surface area contributed by atoms with E-state index in [9.17, 15) is 0 Å². The van der Waals surface area contributed by atoms with Crippen molar-refractivity contribution < 1.29 is 4.74 Å². The summed E-state index contributed by atoms with van der Waals surface area (Å²) in [6, 6.07) is 0.